The molecule has 3 aromatic rings. The summed E-state index contributed by atoms with van der Waals surface area (Å²) in [7, 11) is 1.44. The second kappa shape index (κ2) is 11.1. The number of hydrogen-bond acceptors (Lipinski definition) is 4. The van der Waals surface area contributed by atoms with E-state index in [9.17, 15) is 18.8 Å². The molecule has 1 aliphatic heterocycles. The summed E-state index contributed by atoms with van der Waals surface area (Å²) in [6, 6.07) is 16.1. The second-order valence-electron chi connectivity index (χ2n) is 9.52. The molecule has 0 bridgehead atoms. The molecule has 2 amide bonds. The van der Waals surface area contributed by atoms with Crippen LogP contribution in [-0.2, 0) is 11.2 Å². The highest BCUT2D eigenvalue weighted by atomic mass is 35.5. The maximum Gasteiger partial charge on any atom is 0.258 e. The van der Waals surface area contributed by atoms with E-state index >= 15 is 0 Å². The first-order chi connectivity index (χ1) is 17.7. The lowest BCUT2D eigenvalue weighted by atomic mass is 9.77. The van der Waals surface area contributed by atoms with Gasteiger partial charge in [0.2, 0.25) is 0 Å². The number of para-hydroxylation sites is 1. The van der Waals surface area contributed by atoms with Crippen molar-refractivity contribution in [3.05, 3.63) is 88.2 Å². The quantitative estimate of drug-likeness (QED) is 0.368. The molecule has 0 saturated heterocycles. The largest absolute Gasteiger partial charge is 0.495 e. The average Bonchev–Trinajstić information content (AvgIpc) is 3.04. The molecule has 0 saturated carbocycles. The van der Waals surface area contributed by atoms with Crippen LogP contribution < -0.4 is 15.0 Å². The Hall–Kier alpha value is -3.71. The Morgan fingerprint density at radius 1 is 1.16 bits per heavy atom. The van der Waals surface area contributed by atoms with Gasteiger partial charge in [-0.3, -0.25) is 9.59 Å². The van der Waals surface area contributed by atoms with Crippen LogP contribution >= 0.6 is 11.6 Å². The number of aldehydes is 1. The number of halogens is 2. The van der Waals surface area contributed by atoms with Crippen molar-refractivity contribution in [1.29, 1.82) is 0 Å². The maximum atomic E-state index is 13.7. The van der Waals surface area contributed by atoms with Gasteiger partial charge in [-0.2, -0.15) is 0 Å². The molecule has 3 aromatic carbocycles. The molecule has 1 N–H and O–H groups in total. The predicted molar refractivity (Wildman–Crippen MR) is 142 cm³/mol. The lowest BCUT2D eigenvalue weighted by Crippen LogP contribution is -2.33. The Morgan fingerprint density at radius 3 is 2.70 bits per heavy atom. The van der Waals surface area contributed by atoms with Gasteiger partial charge in [0, 0.05) is 24.2 Å². The van der Waals surface area contributed by atoms with E-state index in [4.69, 9.17) is 16.3 Å². The molecule has 1 atom stereocenters. The van der Waals surface area contributed by atoms with Gasteiger partial charge in [-0.1, -0.05) is 36.7 Å². The van der Waals surface area contributed by atoms with Crippen LogP contribution in [0.15, 0.2) is 60.7 Å². The smallest absolute Gasteiger partial charge is 0.258 e. The van der Waals surface area contributed by atoms with Gasteiger partial charge < -0.3 is 19.7 Å². The zero-order valence-electron chi connectivity index (χ0n) is 20.7. The standard InChI is InChI=1S/C29H28ClFN2O4/c1-29(12-5-15-34)13-14-33(25-7-4-3-6-20(25)18-29)28(36)19-8-11-24(26(16-19)37-2)32-27(35)22-17-21(31)9-10-23(22)30/h3-4,6-11,15-17H,5,12-14,18H2,1-2H3,(H,32,35)/t29-/m1/s1. The Bertz CT molecular complexity index is 1350. The van der Waals surface area contributed by atoms with E-state index in [1.165, 1.54) is 19.2 Å². The zero-order valence-corrected chi connectivity index (χ0v) is 21.5. The van der Waals surface area contributed by atoms with Crippen LogP contribution in [0.4, 0.5) is 15.8 Å². The van der Waals surface area contributed by atoms with Crippen molar-refractivity contribution in [3.8, 4) is 5.75 Å². The van der Waals surface area contributed by atoms with Crippen molar-refractivity contribution in [2.24, 2.45) is 5.41 Å². The molecule has 0 aromatic heterocycles. The SMILES string of the molecule is COc1cc(C(=O)N2CC[C@@](C)(CCC=O)Cc3ccccc32)ccc1NC(=O)c1cc(F)ccc1Cl. The first kappa shape index (κ1) is 26.4. The van der Waals surface area contributed by atoms with Crippen molar-refractivity contribution in [3.63, 3.8) is 0 Å². The lowest BCUT2D eigenvalue weighted by molar-refractivity contribution is -0.108. The number of anilines is 2. The number of hydrogen-bond donors (Lipinski definition) is 1. The summed E-state index contributed by atoms with van der Waals surface area (Å²) in [6.45, 7) is 2.66. The minimum Gasteiger partial charge on any atom is -0.495 e. The molecule has 0 radical (unpaired) electrons. The lowest BCUT2D eigenvalue weighted by Gasteiger charge is -2.28. The van der Waals surface area contributed by atoms with Gasteiger partial charge in [-0.25, -0.2) is 4.39 Å². The first-order valence-corrected chi connectivity index (χ1v) is 12.4. The van der Waals surface area contributed by atoms with E-state index in [1.807, 2.05) is 24.3 Å². The molecule has 0 spiro atoms. The fourth-order valence-corrected chi connectivity index (χ4v) is 4.95. The molecular formula is C29H28ClFN2O4. The van der Waals surface area contributed by atoms with Gasteiger partial charge in [0.25, 0.3) is 11.8 Å². The van der Waals surface area contributed by atoms with Gasteiger partial charge in [0.1, 0.15) is 17.9 Å². The third-order valence-electron chi connectivity index (χ3n) is 6.82. The third-order valence-corrected chi connectivity index (χ3v) is 7.15. The molecule has 0 fully saturated rings. The van der Waals surface area contributed by atoms with Crippen LogP contribution in [0.2, 0.25) is 5.02 Å². The summed E-state index contributed by atoms with van der Waals surface area (Å²) >= 11 is 6.06. The molecule has 1 aliphatic rings. The number of nitrogens with zero attached hydrogens (tertiary/aromatic N) is 1. The summed E-state index contributed by atoms with van der Waals surface area (Å²) in [5.41, 5.74) is 2.51. The van der Waals surface area contributed by atoms with Gasteiger partial charge in [-0.15, -0.1) is 0 Å². The highest BCUT2D eigenvalue weighted by molar-refractivity contribution is 6.34. The fourth-order valence-electron chi connectivity index (χ4n) is 4.75. The topological polar surface area (TPSA) is 75.7 Å². The molecule has 6 nitrogen and oxygen atoms in total. The van der Waals surface area contributed by atoms with Crippen molar-refractivity contribution in [2.75, 3.05) is 23.9 Å². The van der Waals surface area contributed by atoms with E-state index in [0.29, 0.717) is 24.2 Å². The first-order valence-electron chi connectivity index (χ1n) is 12.0. The molecular weight excluding hydrogens is 495 g/mol. The van der Waals surface area contributed by atoms with Crippen LogP contribution in [0, 0.1) is 11.2 Å². The normalized spacial score (nSPS) is 16.9. The molecule has 37 heavy (non-hydrogen) atoms. The molecule has 192 valence electrons. The number of rotatable bonds is 7. The Morgan fingerprint density at radius 2 is 1.95 bits per heavy atom. The van der Waals surface area contributed by atoms with Gasteiger partial charge in [0.05, 0.1) is 23.4 Å². The highest BCUT2D eigenvalue weighted by Gasteiger charge is 2.33. The monoisotopic (exact) mass is 522 g/mol. The molecule has 1 heterocycles. The summed E-state index contributed by atoms with van der Waals surface area (Å²) in [5, 5.41) is 2.79. The number of amides is 2. The second-order valence-corrected chi connectivity index (χ2v) is 9.93. The number of benzene rings is 3. The van der Waals surface area contributed by atoms with Crippen molar-refractivity contribution in [1.82, 2.24) is 0 Å². The summed E-state index contributed by atoms with van der Waals surface area (Å²) in [6.07, 6.45) is 3.71. The predicted octanol–water partition coefficient (Wildman–Crippen LogP) is 6.32. The van der Waals surface area contributed by atoms with Gasteiger partial charge in [-0.05, 0) is 72.7 Å². The number of fused-ring (bicyclic) bond motifs is 1. The van der Waals surface area contributed by atoms with Crippen molar-refractivity contribution in [2.45, 2.75) is 32.6 Å². The summed E-state index contributed by atoms with van der Waals surface area (Å²) in [4.78, 5) is 39.2. The molecule has 0 aliphatic carbocycles. The zero-order chi connectivity index (χ0) is 26.6. The minimum absolute atomic E-state index is 0.0114. The third kappa shape index (κ3) is 5.83. The van der Waals surface area contributed by atoms with Crippen molar-refractivity contribution < 1.29 is 23.5 Å². The number of methoxy groups -OCH3 is 1. The summed E-state index contributed by atoms with van der Waals surface area (Å²) in [5.74, 6) is -1.09. The van der Waals surface area contributed by atoms with Gasteiger partial charge >= 0.3 is 0 Å². The number of carbonyl (C=O) groups is 3. The van der Waals surface area contributed by atoms with Crippen LogP contribution in [0.5, 0.6) is 5.75 Å². The Kier molecular flexibility index (Phi) is 7.93. The maximum absolute atomic E-state index is 13.7. The molecule has 0 unspecified atom stereocenters. The number of ether oxygens (including phenoxy) is 1. The van der Waals surface area contributed by atoms with E-state index in [1.54, 1.807) is 23.1 Å². The van der Waals surface area contributed by atoms with Gasteiger partial charge in [0.15, 0.2) is 0 Å². The fraction of sp³-hybridized carbons (Fsp3) is 0.276. The van der Waals surface area contributed by atoms with E-state index in [-0.39, 0.29) is 27.7 Å². The average molecular weight is 523 g/mol. The number of nitrogens with one attached hydrogen (secondary N) is 1. The van der Waals surface area contributed by atoms with Crippen LogP contribution in [0.3, 0.4) is 0 Å². The number of carbonyl (C=O) groups excluding carboxylic acids is 3. The van der Waals surface area contributed by atoms with Crippen LogP contribution in [0.25, 0.3) is 0 Å². The molecule has 4 rings (SSSR count). The highest BCUT2D eigenvalue weighted by Crippen LogP contribution is 2.39. The van der Waals surface area contributed by atoms with E-state index < -0.39 is 11.7 Å². The summed E-state index contributed by atoms with van der Waals surface area (Å²) < 4.78 is 19.1. The Balaban J connectivity index is 1.61. The van der Waals surface area contributed by atoms with E-state index in [2.05, 4.69) is 12.2 Å². The Labute approximate surface area is 220 Å². The van der Waals surface area contributed by atoms with E-state index in [0.717, 1.165) is 42.9 Å². The van der Waals surface area contributed by atoms with Crippen LogP contribution in [-0.4, -0.2) is 31.8 Å². The van der Waals surface area contributed by atoms with Crippen molar-refractivity contribution >= 4 is 41.1 Å². The molecule has 8 heteroatoms. The van der Waals surface area contributed by atoms with Crippen LogP contribution in [0.1, 0.15) is 52.5 Å². The minimum atomic E-state index is -0.599.